The molecule has 0 unspecified atom stereocenters. The molecule has 0 bridgehead atoms. The molecule has 0 saturated carbocycles. The lowest BCUT2D eigenvalue weighted by atomic mass is 10.2. The van der Waals surface area contributed by atoms with Gasteiger partial charge in [0.1, 0.15) is 5.15 Å². The summed E-state index contributed by atoms with van der Waals surface area (Å²) in [4.78, 5) is 13.8. The Balaban J connectivity index is 2.63. The number of hydrogen-bond acceptors (Lipinski definition) is 1. The zero-order valence-corrected chi connectivity index (χ0v) is 6.03. The summed E-state index contributed by atoms with van der Waals surface area (Å²) in [5, 5.41) is 0.626. The molecule has 0 atom stereocenters. The van der Waals surface area contributed by atoms with Crippen LogP contribution in [0.5, 0.6) is 0 Å². The Labute approximate surface area is 63.2 Å². The molecule has 1 heterocycles. The van der Waals surface area contributed by atoms with Crippen molar-refractivity contribution in [2.75, 3.05) is 0 Å². The summed E-state index contributed by atoms with van der Waals surface area (Å²) in [5.74, 6) is 0.207. The van der Waals surface area contributed by atoms with Crippen LogP contribution in [0.1, 0.15) is 22.3 Å². The Hall–Kier alpha value is -0.760. The molecular weight excluding hydrogens is 150 g/mol. The highest BCUT2D eigenvalue weighted by atomic mass is 35.5. The predicted octanol–water partition coefficient (Wildman–Crippen LogP) is 1.80. The van der Waals surface area contributed by atoms with E-state index < -0.39 is 0 Å². The van der Waals surface area contributed by atoms with E-state index in [0.717, 1.165) is 17.5 Å². The van der Waals surface area contributed by atoms with E-state index >= 15 is 0 Å². The zero-order chi connectivity index (χ0) is 7.14. The Morgan fingerprint density at radius 1 is 1.50 bits per heavy atom. The summed E-state index contributed by atoms with van der Waals surface area (Å²) < 4.78 is 0. The van der Waals surface area contributed by atoms with Gasteiger partial charge in [-0.1, -0.05) is 11.6 Å². The van der Waals surface area contributed by atoms with E-state index in [1.165, 1.54) is 0 Å². The van der Waals surface area contributed by atoms with Crippen molar-refractivity contribution < 1.29 is 4.79 Å². The van der Waals surface area contributed by atoms with Crippen molar-refractivity contribution in [2.45, 2.75) is 12.8 Å². The second-order valence-corrected chi connectivity index (χ2v) is 2.80. The van der Waals surface area contributed by atoms with Gasteiger partial charge in [-0.25, -0.2) is 0 Å². The van der Waals surface area contributed by atoms with Gasteiger partial charge in [0.15, 0.2) is 5.78 Å². The van der Waals surface area contributed by atoms with Crippen LogP contribution in [0.25, 0.3) is 0 Å². The van der Waals surface area contributed by atoms with Crippen molar-refractivity contribution in [2.24, 2.45) is 0 Å². The van der Waals surface area contributed by atoms with Gasteiger partial charge in [0.25, 0.3) is 0 Å². The van der Waals surface area contributed by atoms with Gasteiger partial charge >= 0.3 is 0 Å². The summed E-state index contributed by atoms with van der Waals surface area (Å²) >= 11 is 5.74. The maximum Gasteiger partial charge on any atom is 0.165 e. The molecule has 0 fully saturated rings. The minimum atomic E-state index is 0.207. The van der Waals surface area contributed by atoms with Crippen LogP contribution >= 0.6 is 11.6 Å². The van der Waals surface area contributed by atoms with Crippen molar-refractivity contribution in [3.8, 4) is 0 Å². The molecule has 2 rings (SSSR count). The van der Waals surface area contributed by atoms with Crippen LogP contribution in [0.4, 0.5) is 0 Å². The van der Waals surface area contributed by atoms with E-state index in [2.05, 4.69) is 4.98 Å². The third kappa shape index (κ3) is 0.625. The van der Waals surface area contributed by atoms with E-state index in [9.17, 15) is 4.79 Å². The number of hydrogen-bond donors (Lipinski definition) is 1. The van der Waals surface area contributed by atoms with Gasteiger partial charge in [0.2, 0.25) is 0 Å². The standard InChI is InChI=1S/C7H6ClNO/c8-7-4-1-2-6(10)5(4)3-9-7/h3,9H,1-2H2. The van der Waals surface area contributed by atoms with Crippen LogP contribution in [0, 0.1) is 0 Å². The highest BCUT2D eigenvalue weighted by molar-refractivity contribution is 6.31. The van der Waals surface area contributed by atoms with Gasteiger partial charge in [0.05, 0.1) is 0 Å². The molecule has 1 aromatic heterocycles. The summed E-state index contributed by atoms with van der Waals surface area (Å²) in [7, 11) is 0. The monoisotopic (exact) mass is 155 g/mol. The molecule has 0 spiro atoms. The van der Waals surface area contributed by atoms with Crippen LogP contribution in [-0.2, 0) is 6.42 Å². The van der Waals surface area contributed by atoms with E-state index in [1.807, 2.05) is 0 Å². The minimum absolute atomic E-state index is 0.207. The molecule has 2 nitrogen and oxygen atoms in total. The highest BCUT2D eigenvalue weighted by Crippen LogP contribution is 2.27. The van der Waals surface area contributed by atoms with Gasteiger partial charge < -0.3 is 4.98 Å². The summed E-state index contributed by atoms with van der Waals surface area (Å²) in [6.45, 7) is 0. The van der Waals surface area contributed by atoms with Crippen LogP contribution in [-0.4, -0.2) is 10.8 Å². The van der Waals surface area contributed by atoms with Gasteiger partial charge in [-0.2, -0.15) is 0 Å². The summed E-state index contributed by atoms with van der Waals surface area (Å²) in [5.41, 5.74) is 1.77. The van der Waals surface area contributed by atoms with Crippen LogP contribution in [0.15, 0.2) is 6.20 Å². The predicted molar refractivity (Wildman–Crippen MR) is 38.5 cm³/mol. The Morgan fingerprint density at radius 2 is 2.30 bits per heavy atom. The van der Waals surface area contributed by atoms with Crippen molar-refractivity contribution in [3.63, 3.8) is 0 Å². The molecule has 0 aromatic carbocycles. The second kappa shape index (κ2) is 1.86. The fourth-order valence-electron chi connectivity index (χ4n) is 1.29. The van der Waals surface area contributed by atoms with Crippen molar-refractivity contribution in [1.82, 2.24) is 4.98 Å². The first-order valence-electron chi connectivity index (χ1n) is 3.18. The first-order valence-corrected chi connectivity index (χ1v) is 3.56. The number of H-pyrrole nitrogens is 1. The lowest BCUT2D eigenvalue weighted by Crippen LogP contribution is -1.87. The third-order valence-electron chi connectivity index (χ3n) is 1.84. The van der Waals surface area contributed by atoms with Crippen LogP contribution in [0.3, 0.4) is 0 Å². The zero-order valence-electron chi connectivity index (χ0n) is 5.28. The summed E-state index contributed by atoms with van der Waals surface area (Å²) in [6.07, 6.45) is 3.11. The number of Topliss-reactive ketones (excluding diaryl/α,β-unsaturated/α-hetero) is 1. The SMILES string of the molecule is O=C1CCc2c1c[nH]c2Cl. The molecule has 1 aliphatic rings. The quantitative estimate of drug-likeness (QED) is 0.609. The molecule has 3 heteroatoms. The maximum absolute atomic E-state index is 11.0. The van der Waals surface area contributed by atoms with Gasteiger partial charge in [-0.15, -0.1) is 0 Å². The average Bonchev–Trinajstić information content (AvgIpc) is 2.41. The number of nitrogens with one attached hydrogen (secondary N) is 1. The fourth-order valence-corrected chi connectivity index (χ4v) is 1.55. The topological polar surface area (TPSA) is 32.9 Å². The molecule has 0 amide bonds. The highest BCUT2D eigenvalue weighted by Gasteiger charge is 2.22. The van der Waals surface area contributed by atoms with E-state index in [1.54, 1.807) is 6.20 Å². The molecule has 10 heavy (non-hydrogen) atoms. The maximum atomic E-state index is 11.0. The first kappa shape index (κ1) is 5.98. The molecule has 0 radical (unpaired) electrons. The summed E-state index contributed by atoms with van der Waals surface area (Å²) in [6, 6.07) is 0. The lowest BCUT2D eigenvalue weighted by molar-refractivity contribution is 0.0994. The smallest absolute Gasteiger partial charge is 0.165 e. The minimum Gasteiger partial charge on any atom is -0.351 e. The number of aromatic amines is 1. The van der Waals surface area contributed by atoms with Crippen molar-refractivity contribution >= 4 is 17.4 Å². The lowest BCUT2D eigenvalue weighted by Gasteiger charge is -1.84. The van der Waals surface area contributed by atoms with Crippen LogP contribution < -0.4 is 0 Å². The number of carbonyl (C=O) groups excluding carboxylic acids is 1. The van der Waals surface area contributed by atoms with E-state index in [0.29, 0.717) is 11.6 Å². The average molecular weight is 156 g/mol. The normalized spacial score (nSPS) is 15.9. The van der Waals surface area contributed by atoms with Gasteiger partial charge in [-0.05, 0) is 6.42 Å². The van der Waals surface area contributed by atoms with Crippen molar-refractivity contribution in [1.29, 1.82) is 0 Å². The molecule has 1 aromatic rings. The number of carbonyl (C=O) groups is 1. The van der Waals surface area contributed by atoms with Crippen molar-refractivity contribution in [3.05, 3.63) is 22.5 Å². The van der Waals surface area contributed by atoms with E-state index in [4.69, 9.17) is 11.6 Å². The Bertz CT molecular complexity index is 290. The second-order valence-electron chi connectivity index (χ2n) is 2.42. The molecule has 1 aliphatic carbocycles. The largest absolute Gasteiger partial charge is 0.351 e. The molecular formula is C7H6ClNO. The number of fused-ring (bicyclic) bond motifs is 1. The third-order valence-corrected chi connectivity index (χ3v) is 2.17. The Morgan fingerprint density at radius 3 is 3.00 bits per heavy atom. The molecule has 1 N–H and O–H groups in total. The van der Waals surface area contributed by atoms with E-state index in [-0.39, 0.29) is 5.78 Å². The first-order chi connectivity index (χ1) is 4.79. The number of halogens is 1. The molecule has 52 valence electrons. The number of rotatable bonds is 0. The number of ketones is 1. The fraction of sp³-hybridized carbons (Fsp3) is 0.286. The number of aromatic nitrogens is 1. The molecule has 0 saturated heterocycles. The van der Waals surface area contributed by atoms with Crippen LogP contribution in [0.2, 0.25) is 5.15 Å². The molecule has 0 aliphatic heterocycles. The van der Waals surface area contributed by atoms with Gasteiger partial charge in [-0.3, -0.25) is 4.79 Å². The van der Waals surface area contributed by atoms with Gasteiger partial charge in [0, 0.05) is 23.7 Å². The Kier molecular flexibility index (Phi) is 1.11.